The van der Waals surface area contributed by atoms with E-state index in [0.717, 1.165) is 21.8 Å². The van der Waals surface area contributed by atoms with Crippen LogP contribution in [0.1, 0.15) is 21.7 Å². The van der Waals surface area contributed by atoms with Gasteiger partial charge in [0, 0.05) is 16.3 Å². The van der Waals surface area contributed by atoms with Gasteiger partial charge in [0.15, 0.2) is 0 Å². The van der Waals surface area contributed by atoms with Gasteiger partial charge in [-0.05, 0) is 30.7 Å². The number of pyridine rings is 1. The van der Waals surface area contributed by atoms with E-state index in [1.165, 1.54) is 0 Å². The van der Waals surface area contributed by atoms with E-state index in [4.69, 9.17) is 11.6 Å². The second-order valence-corrected chi connectivity index (χ2v) is 5.28. The predicted octanol–water partition coefficient (Wildman–Crippen LogP) is 1.87. The summed E-state index contributed by atoms with van der Waals surface area (Å²) in [5.74, 6) is 5.34. The predicted molar refractivity (Wildman–Crippen MR) is 81.0 cm³/mol. The summed E-state index contributed by atoms with van der Waals surface area (Å²) in [5.41, 5.74) is 11.0. The number of hydrazine groups is 1. The molecule has 0 bridgehead atoms. The summed E-state index contributed by atoms with van der Waals surface area (Å²) in [6.45, 7) is 1.98. The molecular weight excluding hydrogens is 272 g/mol. The number of anilines is 1. The van der Waals surface area contributed by atoms with Crippen molar-refractivity contribution in [3.05, 3.63) is 53.3 Å². The smallest absolute Gasteiger partial charge is 0.283 e. The number of nitrogen functional groups attached to an aromatic ring is 2. The SMILES string of the molecule is Cc1cccc(SCc2cccc(C(=O)NN)n2)c1N. The maximum atomic E-state index is 11.4. The lowest BCUT2D eigenvalue weighted by molar-refractivity contribution is 0.0948. The third-order valence-electron chi connectivity index (χ3n) is 2.83. The minimum Gasteiger partial charge on any atom is -0.398 e. The van der Waals surface area contributed by atoms with Gasteiger partial charge in [-0.3, -0.25) is 10.2 Å². The Hall–Kier alpha value is -2.05. The molecule has 0 spiro atoms. The van der Waals surface area contributed by atoms with Crippen molar-refractivity contribution >= 4 is 23.4 Å². The highest BCUT2D eigenvalue weighted by molar-refractivity contribution is 7.98. The summed E-state index contributed by atoms with van der Waals surface area (Å²) in [6, 6.07) is 11.2. The molecule has 2 rings (SSSR count). The van der Waals surface area contributed by atoms with Gasteiger partial charge in [-0.15, -0.1) is 11.8 Å². The summed E-state index contributed by atoms with van der Waals surface area (Å²) in [7, 11) is 0. The Morgan fingerprint density at radius 3 is 2.80 bits per heavy atom. The van der Waals surface area contributed by atoms with Crippen LogP contribution < -0.4 is 17.0 Å². The molecule has 1 heterocycles. The minimum absolute atomic E-state index is 0.308. The third kappa shape index (κ3) is 3.28. The molecule has 0 saturated carbocycles. The van der Waals surface area contributed by atoms with Gasteiger partial charge in [0.2, 0.25) is 0 Å². The summed E-state index contributed by atoms with van der Waals surface area (Å²) >= 11 is 1.59. The van der Waals surface area contributed by atoms with Crippen LogP contribution in [0.25, 0.3) is 0 Å². The van der Waals surface area contributed by atoms with Gasteiger partial charge in [-0.2, -0.15) is 0 Å². The molecule has 0 unspecified atom stereocenters. The number of aryl methyl sites for hydroxylation is 1. The fraction of sp³-hybridized carbons (Fsp3) is 0.143. The number of benzene rings is 1. The molecule has 5 N–H and O–H groups in total. The van der Waals surface area contributed by atoms with E-state index in [1.54, 1.807) is 23.9 Å². The number of carbonyl (C=O) groups is 1. The molecule has 0 aliphatic rings. The molecule has 6 heteroatoms. The highest BCUT2D eigenvalue weighted by Crippen LogP contribution is 2.29. The zero-order valence-electron chi connectivity index (χ0n) is 11.1. The Balaban J connectivity index is 2.11. The van der Waals surface area contributed by atoms with Crippen LogP contribution in [0.4, 0.5) is 5.69 Å². The number of nitrogens with one attached hydrogen (secondary N) is 1. The topological polar surface area (TPSA) is 94.0 Å². The van der Waals surface area contributed by atoms with Crippen molar-refractivity contribution in [3.63, 3.8) is 0 Å². The van der Waals surface area contributed by atoms with Crippen LogP contribution in [0, 0.1) is 6.92 Å². The Morgan fingerprint density at radius 2 is 2.05 bits per heavy atom. The van der Waals surface area contributed by atoms with E-state index < -0.39 is 5.91 Å². The summed E-state index contributed by atoms with van der Waals surface area (Å²) in [4.78, 5) is 16.7. The van der Waals surface area contributed by atoms with Crippen molar-refractivity contribution in [1.82, 2.24) is 10.4 Å². The molecule has 0 aliphatic heterocycles. The lowest BCUT2D eigenvalue weighted by atomic mass is 10.2. The van der Waals surface area contributed by atoms with Crippen LogP contribution in [0.3, 0.4) is 0 Å². The van der Waals surface area contributed by atoms with E-state index >= 15 is 0 Å². The molecule has 0 fully saturated rings. The zero-order chi connectivity index (χ0) is 14.5. The van der Waals surface area contributed by atoms with E-state index in [-0.39, 0.29) is 0 Å². The van der Waals surface area contributed by atoms with Gasteiger partial charge in [0.1, 0.15) is 5.69 Å². The van der Waals surface area contributed by atoms with Crippen LogP contribution in [-0.4, -0.2) is 10.9 Å². The number of para-hydroxylation sites is 1. The van der Waals surface area contributed by atoms with Gasteiger partial charge < -0.3 is 5.73 Å². The second-order valence-electron chi connectivity index (χ2n) is 4.26. The fourth-order valence-electron chi connectivity index (χ4n) is 1.69. The summed E-state index contributed by atoms with van der Waals surface area (Å²) in [6.07, 6.45) is 0. The third-order valence-corrected chi connectivity index (χ3v) is 3.94. The highest BCUT2D eigenvalue weighted by Gasteiger charge is 2.07. The van der Waals surface area contributed by atoms with Crippen LogP contribution in [-0.2, 0) is 5.75 Å². The minimum atomic E-state index is -0.396. The number of hydrogen-bond donors (Lipinski definition) is 3. The number of thioether (sulfide) groups is 1. The first-order valence-electron chi connectivity index (χ1n) is 6.06. The highest BCUT2D eigenvalue weighted by atomic mass is 32.2. The maximum Gasteiger partial charge on any atom is 0.283 e. The van der Waals surface area contributed by atoms with Crippen molar-refractivity contribution in [1.29, 1.82) is 0 Å². The average molecular weight is 288 g/mol. The lowest BCUT2D eigenvalue weighted by Crippen LogP contribution is -2.30. The summed E-state index contributed by atoms with van der Waals surface area (Å²) < 4.78 is 0. The Kier molecular flexibility index (Phi) is 4.60. The van der Waals surface area contributed by atoms with Crippen molar-refractivity contribution in [2.75, 3.05) is 5.73 Å². The van der Waals surface area contributed by atoms with E-state index in [9.17, 15) is 4.79 Å². The first-order chi connectivity index (χ1) is 9.61. The molecule has 20 heavy (non-hydrogen) atoms. The molecule has 1 aromatic carbocycles. The monoisotopic (exact) mass is 288 g/mol. The number of carbonyl (C=O) groups excluding carboxylic acids is 1. The number of nitrogens with two attached hydrogens (primary N) is 2. The molecule has 1 aromatic heterocycles. The van der Waals surface area contributed by atoms with Gasteiger partial charge in [0.05, 0.1) is 5.69 Å². The Bertz CT molecular complexity index is 630. The maximum absolute atomic E-state index is 11.4. The molecule has 0 aliphatic carbocycles. The number of rotatable bonds is 4. The first-order valence-corrected chi connectivity index (χ1v) is 7.05. The molecule has 0 atom stereocenters. The standard InChI is InChI=1S/C14H16N4OS/c1-9-4-2-7-12(13(9)15)20-8-10-5-3-6-11(17-10)14(19)18-16/h2-7H,8,15-16H2,1H3,(H,18,19). The zero-order valence-corrected chi connectivity index (χ0v) is 11.9. The van der Waals surface area contributed by atoms with Crippen LogP contribution in [0.2, 0.25) is 0 Å². The average Bonchev–Trinajstić information content (AvgIpc) is 2.48. The van der Waals surface area contributed by atoms with Crippen molar-refractivity contribution < 1.29 is 4.79 Å². The number of nitrogens with zero attached hydrogens (tertiary/aromatic N) is 1. The van der Waals surface area contributed by atoms with Gasteiger partial charge in [0.25, 0.3) is 5.91 Å². The normalized spacial score (nSPS) is 10.3. The molecule has 0 radical (unpaired) electrons. The molecule has 1 amide bonds. The van der Waals surface area contributed by atoms with Crippen molar-refractivity contribution in [3.8, 4) is 0 Å². The molecular formula is C14H16N4OS. The number of hydrogen-bond acceptors (Lipinski definition) is 5. The fourth-order valence-corrected chi connectivity index (χ4v) is 2.65. The lowest BCUT2D eigenvalue weighted by Gasteiger charge is -2.08. The molecule has 2 aromatic rings. The number of amides is 1. The van der Waals surface area contributed by atoms with Crippen LogP contribution in [0.15, 0.2) is 41.3 Å². The van der Waals surface area contributed by atoms with E-state index in [2.05, 4.69) is 10.4 Å². The largest absolute Gasteiger partial charge is 0.398 e. The molecule has 5 nitrogen and oxygen atoms in total. The van der Waals surface area contributed by atoms with E-state index in [1.807, 2.05) is 31.2 Å². The number of aromatic nitrogens is 1. The van der Waals surface area contributed by atoms with E-state index in [0.29, 0.717) is 11.4 Å². The Morgan fingerprint density at radius 1 is 1.30 bits per heavy atom. The Labute approximate surface area is 121 Å². The van der Waals surface area contributed by atoms with Gasteiger partial charge in [-0.25, -0.2) is 10.8 Å². The van der Waals surface area contributed by atoms with Crippen molar-refractivity contribution in [2.45, 2.75) is 17.6 Å². The summed E-state index contributed by atoms with van der Waals surface area (Å²) in [5, 5.41) is 0. The second kappa shape index (κ2) is 6.40. The molecule has 0 saturated heterocycles. The van der Waals surface area contributed by atoms with Crippen molar-refractivity contribution in [2.24, 2.45) is 5.84 Å². The first kappa shape index (κ1) is 14.4. The molecule has 104 valence electrons. The van der Waals surface area contributed by atoms with Crippen LogP contribution in [0.5, 0.6) is 0 Å². The van der Waals surface area contributed by atoms with Gasteiger partial charge in [-0.1, -0.05) is 18.2 Å². The van der Waals surface area contributed by atoms with Crippen LogP contribution >= 0.6 is 11.8 Å². The van der Waals surface area contributed by atoms with Gasteiger partial charge >= 0.3 is 0 Å². The quantitative estimate of drug-likeness (QED) is 0.262.